The second-order valence-corrected chi connectivity index (χ2v) is 5.32. The smallest absolute Gasteiger partial charge is 0.338 e. The second kappa shape index (κ2) is 6.02. The summed E-state index contributed by atoms with van der Waals surface area (Å²) in [7, 11) is 4.00. The lowest BCUT2D eigenvalue weighted by Gasteiger charge is -2.12. The standard InChI is InChI=1S/C12H18N2O2S/c1-8-7-10(17-6-5-14(3)4)11(12(15)16)9(2)13-8/h7H,5-6H2,1-4H3,(H,15,16). The molecule has 0 radical (unpaired) electrons. The van der Waals surface area contributed by atoms with Crippen molar-refractivity contribution < 1.29 is 9.90 Å². The molecular weight excluding hydrogens is 236 g/mol. The van der Waals surface area contributed by atoms with E-state index < -0.39 is 5.97 Å². The Morgan fingerprint density at radius 3 is 2.65 bits per heavy atom. The molecule has 0 saturated carbocycles. The molecule has 1 N–H and O–H groups in total. The first kappa shape index (κ1) is 14.0. The summed E-state index contributed by atoms with van der Waals surface area (Å²) in [6.07, 6.45) is 0. The van der Waals surface area contributed by atoms with Crippen LogP contribution in [0.3, 0.4) is 0 Å². The van der Waals surface area contributed by atoms with E-state index >= 15 is 0 Å². The lowest BCUT2D eigenvalue weighted by molar-refractivity contribution is 0.0691. The van der Waals surface area contributed by atoms with E-state index in [9.17, 15) is 9.90 Å². The lowest BCUT2D eigenvalue weighted by Crippen LogP contribution is -2.15. The van der Waals surface area contributed by atoms with Gasteiger partial charge in [-0.25, -0.2) is 4.79 Å². The van der Waals surface area contributed by atoms with Crippen molar-refractivity contribution in [1.82, 2.24) is 9.88 Å². The molecule has 0 amide bonds. The van der Waals surface area contributed by atoms with E-state index in [-0.39, 0.29) is 0 Å². The second-order valence-electron chi connectivity index (χ2n) is 4.18. The number of pyridine rings is 1. The SMILES string of the molecule is Cc1cc(SCCN(C)C)c(C(=O)O)c(C)n1. The number of carboxylic acid groups (broad SMARTS) is 1. The third-order valence-corrected chi connectivity index (χ3v) is 3.32. The summed E-state index contributed by atoms with van der Waals surface area (Å²) < 4.78 is 0. The minimum atomic E-state index is -0.901. The Balaban J connectivity index is 2.92. The van der Waals surface area contributed by atoms with E-state index in [0.29, 0.717) is 11.3 Å². The van der Waals surface area contributed by atoms with E-state index in [1.54, 1.807) is 18.7 Å². The fourth-order valence-electron chi connectivity index (χ4n) is 1.51. The number of hydrogen-bond acceptors (Lipinski definition) is 4. The highest BCUT2D eigenvalue weighted by Gasteiger charge is 2.15. The molecule has 1 aromatic heterocycles. The number of rotatable bonds is 5. The Hall–Kier alpha value is -1.07. The molecule has 1 heterocycles. The van der Waals surface area contributed by atoms with E-state index in [2.05, 4.69) is 9.88 Å². The highest BCUT2D eigenvalue weighted by atomic mass is 32.2. The third-order valence-electron chi connectivity index (χ3n) is 2.30. The molecule has 5 heteroatoms. The Morgan fingerprint density at radius 2 is 2.12 bits per heavy atom. The normalized spacial score (nSPS) is 10.9. The lowest BCUT2D eigenvalue weighted by atomic mass is 10.2. The van der Waals surface area contributed by atoms with Crippen LogP contribution in [0.25, 0.3) is 0 Å². The van der Waals surface area contributed by atoms with Crippen LogP contribution in [0.5, 0.6) is 0 Å². The number of aryl methyl sites for hydroxylation is 2. The van der Waals surface area contributed by atoms with Crippen LogP contribution in [0.2, 0.25) is 0 Å². The van der Waals surface area contributed by atoms with Gasteiger partial charge in [0.25, 0.3) is 0 Å². The van der Waals surface area contributed by atoms with E-state index in [1.807, 2.05) is 27.1 Å². The molecule has 0 aliphatic rings. The first-order chi connectivity index (χ1) is 7.91. The number of aromatic carboxylic acids is 1. The average molecular weight is 254 g/mol. The van der Waals surface area contributed by atoms with E-state index in [0.717, 1.165) is 22.9 Å². The first-order valence-electron chi connectivity index (χ1n) is 5.41. The highest BCUT2D eigenvalue weighted by molar-refractivity contribution is 7.99. The zero-order chi connectivity index (χ0) is 13.0. The summed E-state index contributed by atoms with van der Waals surface area (Å²) in [6.45, 7) is 4.55. The van der Waals surface area contributed by atoms with Crippen LogP contribution in [0.4, 0.5) is 0 Å². The van der Waals surface area contributed by atoms with Gasteiger partial charge in [-0.2, -0.15) is 0 Å². The maximum atomic E-state index is 11.2. The molecule has 94 valence electrons. The Labute approximate surface area is 106 Å². The number of aromatic nitrogens is 1. The zero-order valence-corrected chi connectivity index (χ0v) is 11.5. The van der Waals surface area contributed by atoms with Gasteiger partial charge >= 0.3 is 5.97 Å². The van der Waals surface area contributed by atoms with Crippen molar-refractivity contribution in [1.29, 1.82) is 0 Å². The Morgan fingerprint density at radius 1 is 1.47 bits per heavy atom. The third kappa shape index (κ3) is 4.02. The summed E-state index contributed by atoms with van der Waals surface area (Å²) in [5.74, 6) is -0.0294. The predicted molar refractivity (Wildman–Crippen MR) is 69.9 cm³/mol. The maximum Gasteiger partial charge on any atom is 0.338 e. The molecule has 0 fully saturated rings. The number of hydrogen-bond donors (Lipinski definition) is 1. The van der Waals surface area contributed by atoms with Gasteiger partial charge in [0.2, 0.25) is 0 Å². The molecule has 4 nitrogen and oxygen atoms in total. The minimum Gasteiger partial charge on any atom is -0.478 e. The number of carboxylic acids is 1. The summed E-state index contributed by atoms with van der Waals surface area (Å²) in [5.41, 5.74) is 1.78. The quantitative estimate of drug-likeness (QED) is 0.815. The van der Waals surface area contributed by atoms with Gasteiger partial charge < -0.3 is 10.0 Å². The zero-order valence-electron chi connectivity index (χ0n) is 10.6. The molecule has 0 aromatic carbocycles. The highest BCUT2D eigenvalue weighted by Crippen LogP contribution is 2.25. The largest absolute Gasteiger partial charge is 0.478 e. The van der Waals surface area contributed by atoms with Gasteiger partial charge in [0, 0.05) is 22.9 Å². The average Bonchev–Trinajstić information content (AvgIpc) is 2.14. The van der Waals surface area contributed by atoms with Gasteiger partial charge in [-0.05, 0) is 34.0 Å². The summed E-state index contributed by atoms with van der Waals surface area (Å²) in [5, 5.41) is 9.18. The number of carbonyl (C=O) groups is 1. The van der Waals surface area contributed by atoms with Crippen LogP contribution in [0.1, 0.15) is 21.7 Å². The van der Waals surface area contributed by atoms with Crippen LogP contribution in [-0.4, -0.2) is 47.4 Å². The van der Waals surface area contributed by atoms with Crippen LogP contribution in [0.15, 0.2) is 11.0 Å². The molecule has 1 rings (SSSR count). The van der Waals surface area contributed by atoms with Gasteiger partial charge in [-0.15, -0.1) is 11.8 Å². The van der Waals surface area contributed by atoms with Gasteiger partial charge in [-0.3, -0.25) is 4.98 Å². The van der Waals surface area contributed by atoms with Crippen molar-refractivity contribution in [3.05, 3.63) is 23.0 Å². The molecule has 17 heavy (non-hydrogen) atoms. The molecule has 0 saturated heterocycles. The molecule has 0 aliphatic carbocycles. The van der Waals surface area contributed by atoms with Crippen LogP contribution < -0.4 is 0 Å². The van der Waals surface area contributed by atoms with E-state index in [4.69, 9.17) is 0 Å². The van der Waals surface area contributed by atoms with Gasteiger partial charge in [0.1, 0.15) is 0 Å². The molecule has 1 aromatic rings. The number of thioether (sulfide) groups is 1. The van der Waals surface area contributed by atoms with Crippen molar-refractivity contribution in [2.75, 3.05) is 26.4 Å². The topological polar surface area (TPSA) is 53.4 Å². The number of nitrogens with zero attached hydrogens (tertiary/aromatic N) is 2. The summed E-state index contributed by atoms with van der Waals surface area (Å²) >= 11 is 1.57. The summed E-state index contributed by atoms with van der Waals surface area (Å²) in [6, 6.07) is 1.84. The fraction of sp³-hybridized carbons (Fsp3) is 0.500. The van der Waals surface area contributed by atoms with E-state index in [1.165, 1.54) is 0 Å². The molecule has 0 atom stereocenters. The van der Waals surface area contributed by atoms with Gasteiger partial charge in [0.05, 0.1) is 11.3 Å². The predicted octanol–water partition coefficient (Wildman–Crippen LogP) is 2.05. The van der Waals surface area contributed by atoms with Crippen molar-refractivity contribution in [2.24, 2.45) is 0 Å². The molecule has 0 spiro atoms. The molecule has 0 aliphatic heterocycles. The van der Waals surface area contributed by atoms with Crippen molar-refractivity contribution in [3.63, 3.8) is 0 Å². The van der Waals surface area contributed by atoms with Crippen molar-refractivity contribution in [3.8, 4) is 0 Å². The minimum absolute atomic E-state index is 0.333. The Kier molecular flexibility index (Phi) is 4.96. The van der Waals surface area contributed by atoms with Crippen LogP contribution in [-0.2, 0) is 0 Å². The first-order valence-corrected chi connectivity index (χ1v) is 6.39. The maximum absolute atomic E-state index is 11.2. The molecule has 0 unspecified atom stereocenters. The van der Waals surface area contributed by atoms with Crippen LogP contribution in [0, 0.1) is 13.8 Å². The molecule has 0 bridgehead atoms. The monoisotopic (exact) mass is 254 g/mol. The van der Waals surface area contributed by atoms with Crippen molar-refractivity contribution in [2.45, 2.75) is 18.7 Å². The summed E-state index contributed by atoms with van der Waals surface area (Å²) in [4.78, 5) is 18.3. The fourth-order valence-corrected chi connectivity index (χ4v) is 2.81. The van der Waals surface area contributed by atoms with Gasteiger partial charge in [-0.1, -0.05) is 0 Å². The van der Waals surface area contributed by atoms with Crippen molar-refractivity contribution >= 4 is 17.7 Å². The van der Waals surface area contributed by atoms with Gasteiger partial charge in [0.15, 0.2) is 0 Å². The Bertz CT molecular complexity index is 419. The molecular formula is C12H18N2O2S. The van der Waals surface area contributed by atoms with Crippen LogP contribution >= 0.6 is 11.8 Å².